The van der Waals surface area contributed by atoms with Crippen molar-refractivity contribution in [3.05, 3.63) is 52.8 Å². The molecule has 2 aromatic rings. The molecular weight excluding hydrogens is 374 g/mol. The van der Waals surface area contributed by atoms with Crippen LogP contribution < -0.4 is 9.47 Å². The zero-order valence-electron chi connectivity index (χ0n) is 18.5. The Morgan fingerprint density at radius 2 is 1.97 bits per heavy atom. The summed E-state index contributed by atoms with van der Waals surface area (Å²) in [7, 11) is 0. The van der Waals surface area contributed by atoms with Crippen LogP contribution >= 0.6 is 0 Å². The number of nitrogens with zero attached hydrogens (tertiary/aromatic N) is 1. The smallest absolute Gasteiger partial charge is 0.311 e. The second-order valence-electron chi connectivity index (χ2n) is 7.80. The molecule has 158 valence electrons. The highest BCUT2D eigenvalue weighted by molar-refractivity contribution is 5.72. The van der Waals surface area contributed by atoms with Gasteiger partial charge in [0.2, 0.25) is 0 Å². The highest BCUT2D eigenvalue weighted by atomic mass is 16.5. The number of hydrogen-bond donors (Lipinski definition) is 0. The molecule has 30 heavy (non-hydrogen) atoms. The first-order chi connectivity index (χ1) is 14.5. The molecule has 0 bridgehead atoms. The van der Waals surface area contributed by atoms with Crippen molar-refractivity contribution in [1.29, 1.82) is 0 Å². The normalized spacial score (nSPS) is 14.1. The first kappa shape index (κ1) is 21.9. The molecule has 0 aliphatic carbocycles. The van der Waals surface area contributed by atoms with Crippen LogP contribution in [0.3, 0.4) is 0 Å². The minimum absolute atomic E-state index is 0.165. The molecule has 1 aromatic carbocycles. The average molecular weight is 406 g/mol. The summed E-state index contributed by atoms with van der Waals surface area (Å²) in [5.41, 5.74) is 4.33. The summed E-state index contributed by atoms with van der Waals surface area (Å²) >= 11 is 0. The fourth-order valence-corrected chi connectivity index (χ4v) is 4.07. The lowest BCUT2D eigenvalue weighted by molar-refractivity contribution is -0.134. The molecule has 0 radical (unpaired) electrons. The van der Waals surface area contributed by atoms with Gasteiger partial charge in [-0.1, -0.05) is 33.6 Å². The molecule has 2 heterocycles. The summed E-state index contributed by atoms with van der Waals surface area (Å²) in [5.74, 6) is 7.72. The Labute approximate surface area is 180 Å². The van der Waals surface area contributed by atoms with Gasteiger partial charge in [0.05, 0.1) is 12.8 Å². The van der Waals surface area contributed by atoms with Crippen molar-refractivity contribution in [2.24, 2.45) is 0 Å². The number of hydrogen-bond acceptors (Lipinski definition) is 4. The van der Waals surface area contributed by atoms with Crippen LogP contribution in [-0.4, -0.2) is 17.6 Å². The monoisotopic (exact) mass is 405 g/mol. The number of rotatable bonds is 6. The summed E-state index contributed by atoms with van der Waals surface area (Å²) in [6.07, 6.45) is 6.85. The summed E-state index contributed by atoms with van der Waals surface area (Å²) in [5, 5.41) is 0. The Bertz CT molecular complexity index is 947. The van der Waals surface area contributed by atoms with Gasteiger partial charge in [0.25, 0.3) is 0 Å². The van der Waals surface area contributed by atoms with Crippen molar-refractivity contribution < 1.29 is 14.3 Å². The second-order valence-corrected chi connectivity index (χ2v) is 7.80. The maximum atomic E-state index is 11.6. The van der Waals surface area contributed by atoms with Gasteiger partial charge in [-0.15, -0.1) is 0 Å². The lowest BCUT2D eigenvalue weighted by atomic mass is 9.71. The molecule has 0 atom stereocenters. The van der Waals surface area contributed by atoms with E-state index in [0.717, 1.165) is 50.0 Å². The standard InChI is InChI=1S/C26H31NO3/c1-5-9-25(28)30-22-13-12-21(27-18-22)11-10-20-16-23-24(17-19(20)6-2)29-15-14-26(23,7-3)8-4/h12-13,16-18H,5-9,14-15H2,1-4H3. The number of benzene rings is 1. The van der Waals surface area contributed by atoms with E-state index >= 15 is 0 Å². The van der Waals surface area contributed by atoms with E-state index in [9.17, 15) is 4.79 Å². The summed E-state index contributed by atoms with van der Waals surface area (Å²) in [4.78, 5) is 15.9. The number of ether oxygens (including phenoxy) is 2. The van der Waals surface area contributed by atoms with Gasteiger partial charge in [-0.3, -0.25) is 4.79 Å². The zero-order valence-corrected chi connectivity index (χ0v) is 18.5. The Hall–Kier alpha value is -2.80. The van der Waals surface area contributed by atoms with Crippen LogP contribution in [0.2, 0.25) is 0 Å². The van der Waals surface area contributed by atoms with Crippen molar-refractivity contribution >= 4 is 5.97 Å². The van der Waals surface area contributed by atoms with E-state index < -0.39 is 0 Å². The number of esters is 1. The van der Waals surface area contributed by atoms with Crippen molar-refractivity contribution in [3.8, 4) is 23.3 Å². The molecule has 0 fully saturated rings. The Morgan fingerprint density at radius 1 is 1.17 bits per heavy atom. The molecule has 4 heteroatoms. The molecular formula is C26H31NO3. The van der Waals surface area contributed by atoms with Gasteiger partial charge < -0.3 is 9.47 Å². The third-order valence-corrected chi connectivity index (χ3v) is 6.10. The lowest BCUT2D eigenvalue weighted by Crippen LogP contribution is -2.32. The lowest BCUT2D eigenvalue weighted by Gasteiger charge is -2.38. The van der Waals surface area contributed by atoms with Gasteiger partial charge in [-0.05, 0) is 67.9 Å². The highest BCUT2D eigenvalue weighted by Gasteiger charge is 2.35. The third kappa shape index (κ3) is 4.67. The van der Waals surface area contributed by atoms with Gasteiger partial charge in [0.1, 0.15) is 17.2 Å². The highest BCUT2D eigenvalue weighted by Crippen LogP contribution is 2.44. The van der Waals surface area contributed by atoms with Crippen LogP contribution in [0.25, 0.3) is 0 Å². The number of carbonyl (C=O) groups excluding carboxylic acids is 1. The third-order valence-electron chi connectivity index (χ3n) is 6.10. The van der Waals surface area contributed by atoms with E-state index in [2.05, 4.69) is 49.7 Å². The van der Waals surface area contributed by atoms with E-state index in [1.54, 1.807) is 18.3 Å². The van der Waals surface area contributed by atoms with Crippen molar-refractivity contribution in [2.45, 2.75) is 71.6 Å². The maximum Gasteiger partial charge on any atom is 0.311 e. The summed E-state index contributed by atoms with van der Waals surface area (Å²) in [6, 6.07) is 7.93. The van der Waals surface area contributed by atoms with E-state index in [1.165, 1.54) is 11.1 Å². The van der Waals surface area contributed by atoms with Gasteiger partial charge >= 0.3 is 5.97 Å². The molecule has 1 aliphatic rings. The molecule has 0 unspecified atom stereocenters. The van der Waals surface area contributed by atoms with E-state index in [-0.39, 0.29) is 11.4 Å². The summed E-state index contributed by atoms with van der Waals surface area (Å²) in [6.45, 7) is 9.38. The minimum atomic E-state index is -0.239. The van der Waals surface area contributed by atoms with E-state index in [0.29, 0.717) is 17.9 Å². The minimum Gasteiger partial charge on any atom is -0.493 e. The predicted molar refractivity (Wildman–Crippen MR) is 119 cm³/mol. The maximum absolute atomic E-state index is 11.6. The predicted octanol–water partition coefficient (Wildman–Crippen LogP) is 5.59. The molecule has 0 amide bonds. The Kier molecular flexibility index (Phi) is 7.15. The van der Waals surface area contributed by atoms with E-state index in [4.69, 9.17) is 9.47 Å². The van der Waals surface area contributed by atoms with Crippen LogP contribution in [-0.2, 0) is 16.6 Å². The molecule has 3 rings (SSSR count). The first-order valence-electron chi connectivity index (χ1n) is 11.0. The Morgan fingerprint density at radius 3 is 2.60 bits per heavy atom. The fourth-order valence-electron chi connectivity index (χ4n) is 4.07. The van der Waals surface area contributed by atoms with Crippen molar-refractivity contribution in [3.63, 3.8) is 0 Å². The van der Waals surface area contributed by atoms with Gasteiger partial charge in [0, 0.05) is 23.0 Å². The SMILES string of the molecule is CCCC(=O)Oc1ccc(C#Cc2cc3c(cc2CC)OCCC3(CC)CC)nc1. The van der Waals surface area contributed by atoms with Crippen LogP contribution in [0.15, 0.2) is 30.5 Å². The topological polar surface area (TPSA) is 48.4 Å². The average Bonchev–Trinajstić information content (AvgIpc) is 2.77. The molecule has 1 aliphatic heterocycles. The number of aryl methyl sites for hydroxylation is 1. The largest absolute Gasteiger partial charge is 0.493 e. The molecule has 0 N–H and O–H groups in total. The molecule has 4 nitrogen and oxygen atoms in total. The van der Waals surface area contributed by atoms with Gasteiger partial charge in [-0.2, -0.15) is 0 Å². The zero-order chi connectivity index (χ0) is 21.6. The fraction of sp³-hybridized carbons (Fsp3) is 0.462. The van der Waals surface area contributed by atoms with Gasteiger partial charge in [-0.25, -0.2) is 4.98 Å². The van der Waals surface area contributed by atoms with Crippen LogP contribution in [0.4, 0.5) is 0 Å². The quantitative estimate of drug-likeness (QED) is 0.464. The second kappa shape index (κ2) is 9.80. The van der Waals surface area contributed by atoms with Crippen LogP contribution in [0.5, 0.6) is 11.5 Å². The van der Waals surface area contributed by atoms with E-state index in [1.807, 2.05) is 6.92 Å². The number of carbonyl (C=O) groups is 1. The number of aromatic nitrogens is 1. The first-order valence-corrected chi connectivity index (χ1v) is 11.0. The number of fused-ring (bicyclic) bond motifs is 1. The van der Waals surface area contributed by atoms with Crippen molar-refractivity contribution in [1.82, 2.24) is 4.98 Å². The van der Waals surface area contributed by atoms with Crippen LogP contribution in [0.1, 0.15) is 82.2 Å². The molecule has 1 aromatic heterocycles. The molecule has 0 saturated carbocycles. The number of pyridine rings is 1. The van der Waals surface area contributed by atoms with Crippen molar-refractivity contribution in [2.75, 3.05) is 6.61 Å². The van der Waals surface area contributed by atoms with Crippen LogP contribution in [0, 0.1) is 11.8 Å². The Balaban J connectivity index is 1.89. The molecule has 0 saturated heterocycles. The van der Waals surface area contributed by atoms with Gasteiger partial charge in [0.15, 0.2) is 0 Å². The molecule has 0 spiro atoms. The summed E-state index contributed by atoms with van der Waals surface area (Å²) < 4.78 is 11.3.